The van der Waals surface area contributed by atoms with Crippen molar-refractivity contribution in [1.82, 2.24) is 4.98 Å². The van der Waals surface area contributed by atoms with E-state index in [4.69, 9.17) is 17.3 Å². The average Bonchev–Trinajstić information content (AvgIpc) is 2.22. The lowest BCUT2D eigenvalue weighted by Crippen LogP contribution is -1.94. The molecule has 0 aliphatic carbocycles. The molecule has 0 radical (unpaired) electrons. The Hall–Kier alpha value is -1.26. The van der Waals surface area contributed by atoms with E-state index in [0.717, 1.165) is 15.8 Å². The van der Waals surface area contributed by atoms with Gasteiger partial charge in [-0.1, -0.05) is 11.6 Å². The Bertz CT molecular complexity index is 516. The maximum absolute atomic E-state index is 5.86. The Kier molecular flexibility index (Phi) is 3.31. The second-order valence-corrected chi connectivity index (χ2v) is 4.55. The van der Waals surface area contributed by atoms with Crippen molar-refractivity contribution in [2.75, 3.05) is 11.1 Å². The van der Waals surface area contributed by atoms with Crippen LogP contribution in [0, 0.1) is 0 Å². The number of nitrogen functional groups attached to an aromatic ring is 1. The lowest BCUT2D eigenvalue weighted by molar-refractivity contribution is 1.32. The summed E-state index contributed by atoms with van der Waals surface area (Å²) < 4.78 is 0.891. The molecule has 5 heteroatoms. The van der Waals surface area contributed by atoms with Crippen LogP contribution in [-0.2, 0) is 0 Å². The third-order valence-corrected chi connectivity index (χ3v) is 2.86. The van der Waals surface area contributed by atoms with Crippen LogP contribution in [0.2, 0.25) is 5.02 Å². The predicted octanol–water partition coefficient (Wildman–Crippen LogP) is 3.82. The van der Waals surface area contributed by atoms with Gasteiger partial charge in [0, 0.05) is 15.7 Å². The van der Waals surface area contributed by atoms with Gasteiger partial charge in [-0.15, -0.1) is 0 Å². The zero-order valence-corrected chi connectivity index (χ0v) is 10.6. The average molecular weight is 299 g/mol. The van der Waals surface area contributed by atoms with E-state index < -0.39 is 0 Å². The summed E-state index contributed by atoms with van der Waals surface area (Å²) in [5.41, 5.74) is 8.01. The first-order valence-electron chi connectivity index (χ1n) is 4.58. The van der Waals surface area contributed by atoms with E-state index >= 15 is 0 Å². The van der Waals surface area contributed by atoms with Crippen LogP contribution in [0.25, 0.3) is 0 Å². The Morgan fingerprint density at radius 2 is 2.06 bits per heavy atom. The van der Waals surface area contributed by atoms with E-state index in [1.165, 1.54) is 0 Å². The van der Waals surface area contributed by atoms with Crippen molar-refractivity contribution < 1.29 is 0 Å². The largest absolute Gasteiger partial charge is 0.397 e. The number of nitrogens with one attached hydrogen (secondary N) is 1. The molecule has 0 unspecified atom stereocenters. The normalized spacial score (nSPS) is 10.1. The van der Waals surface area contributed by atoms with Crippen LogP contribution in [0.1, 0.15) is 0 Å². The van der Waals surface area contributed by atoms with Gasteiger partial charge < -0.3 is 11.1 Å². The zero-order chi connectivity index (χ0) is 11.5. The topological polar surface area (TPSA) is 50.9 Å². The number of anilines is 3. The van der Waals surface area contributed by atoms with Gasteiger partial charge in [-0.05, 0) is 40.2 Å². The highest BCUT2D eigenvalue weighted by Gasteiger charge is 2.01. The van der Waals surface area contributed by atoms with Gasteiger partial charge >= 0.3 is 0 Å². The molecule has 82 valence electrons. The number of pyridine rings is 1. The summed E-state index contributed by atoms with van der Waals surface area (Å²) in [6.07, 6.45) is 3.31. The molecule has 0 atom stereocenters. The molecule has 3 N–H and O–H groups in total. The number of halogens is 2. The minimum atomic E-state index is 0.620. The Morgan fingerprint density at radius 1 is 1.25 bits per heavy atom. The fraction of sp³-hybridized carbons (Fsp3) is 0. The van der Waals surface area contributed by atoms with E-state index in [1.807, 2.05) is 24.3 Å². The van der Waals surface area contributed by atoms with E-state index in [-0.39, 0.29) is 0 Å². The van der Waals surface area contributed by atoms with Crippen LogP contribution >= 0.6 is 27.5 Å². The fourth-order valence-corrected chi connectivity index (χ4v) is 2.05. The molecule has 0 bridgehead atoms. The first kappa shape index (κ1) is 11.2. The van der Waals surface area contributed by atoms with Crippen LogP contribution < -0.4 is 11.1 Å². The quantitative estimate of drug-likeness (QED) is 0.886. The van der Waals surface area contributed by atoms with E-state index in [0.29, 0.717) is 10.7 Å². The van der Waals surface area contributed by atoms with Crippen LogP contribution in [0.4, 0.5) is 17.1 Å². The lowest BCUT2D eigenvalue weighted by Gasteiger charge is -2.08. The van der Waals surface area contributed by atoms with E-state index in [2.05, 4.69) is 26.2 Å². The van der Waals surface area contributed by atoms with Crippen molar-refractivity contribution in [3.63, 3.8) is 0 Å². The van der Waals surface area contributed by atoms with Crippen LogP contribution in [0.5, 0.6) is 0 Å². The standard InChI is InChI=1S/C11H9BrClN3/c12-10-3-7(13)1-2-11(10)16-9-4-8(14)5-15-6-9/h1-6,16H,14H2. The summed E-state index contributed by atoms with van der Waals surface area (Å²) in [6.45, 7) is 0. The zero-order valence-electron chi connectivity index (χ0n) is 8.24. The second kappa shape index (κ2) is 4.72. The molecule has 1 aromatic carbocycles. The maximum Gasteiger partial charge on any atom is 0.0591 e. The number of benzene rings is 1. The molecule has 0 aliphatic rings. The molecule has 0 saturated heterocycles. The van der Waals surface area contributed by atoms with Crippen molar-refractivity contribution in [3.8, 4) is 0 Å². The SMILES string of the molecule is Nc1cncc(Nc2ccc(Cl)cc2Br)c1. The number of hydrogen-bond acceptors (Lipinski definition) is 3. The smallest absolute Gasteiger partial charge is 0.0591 e. The third kappa shape index (κ3) is 2.65. The highest BCUT2D eigenvalue weighted by Crippen LogP contribution is 2.28. The van der Waals surface area contributed by atoms with E-state index in [9.17, 15) is 0 Å². The van der Waals surface area contributed by atoms with Crippen molar-refractivity contribution in [3.05, 3.63) is 46.2 Å². The van der Waals surface area contributed by atoms with Crippen molar-refractivity contribution in [1.29, 1.82) is 0 Å². The Morgan fingerprint density at radius 3 is 2.75 bits per heavy atom. The number of rotatable bonds is 2. The fourth-order valence-electron chi connectivity index (χ4n) is 1.27. The summed E-state index contributed by atoms with van der Waals surface area (Å²) in [6, 6.07) is 7.33. The number of aromatic nitrogens is 1. The summed E-state index contributed by atoms with van der Waals surface area (Å²) >= 11 is 9.28. The third-order valence-electron chi connectivity index (χ3n) is 1.97. The highest BCUT2D eigenvalue weighted by molar-refractivity contribution is 9.10. The summed E-state index contributed by atoms with van der Waals surface area (Å²) in [5, 5.41) is 3.88. The molecule has 2 aromatic rings. The molecule has 0 spiro atoms. The van der Waals surface area contributed by atoms with Crippen LogP contribution in [0.3, 0.4) is 0 Å². The predicted molar refractivity (Wildman–Crippen MR) is 71.1 cm³/mol. The van der Waals surface area contributed by atoms with Gasteiger partial charge in [-0.25, -0.2) is 0 Å². The van der Waals surface area contributed by atoms with Crippen molar-refractivity contribution >= 4 is 44.6 Å². The van der Waals surface area contributed by atoms with Gasteiger partial charge in [0.05, 0.1) is 23.3 Å². The van der Waals surface area contributed by atoms with Crippen molar-refractivity contribution in [2.45, 2.75) is 0 Å². The van der Waals surface area contributed by atoms with Gasteiger partial charge in [-0.2, -0.15) is 0 Å². The van der Waals surface area contributed by atoms with Gasteiger partial charge in [0.1, 0.15) is 0 Å². The Balaban J connectivity index is 2.27. The molecule has 2 rings (SSSR count). The first-order valence-corrected chi connectivity index (χ1v) is 5.75. The molecule has 0 aliphatic heterocycles. The number of hydrogen-bond donors (Lipinski definition) is 2. The summed E-state index contributed by atoms with van der Waals surface area (Å²) in [7, 11) is 0. The van der Waals surface area contributed by atoms with E-state index in [1.54, 1.807) is 12.4 Å². The molecule has 0 amide bonds. The van der Waals surface area contributed by atoms with Crippen LogP contribution in [-0.4, -0.2) is 4.98 Å². The maximum atomic E-state index is 5.86. The molecule has 0 fully saturated rings. The number of nitrogens with zero attached hydrogens (tertiary/aromatic N) is 1. The van der Waals surface area contributed by atoms with Gasteiger partial charge in [-0.3, -0.25) is 4.98 Å². The minimum absolute atomic E-state index is 0.620. The van der Waals surface area contributed by atoms with Gasteiger partial charge in [0.15, 0.2) is 0 Å². The molecule has 3 nitrogen and oxygen atoms in total. The lowest BCUT2D eigenvalue weighted by atomic mass is 10.3. The summed E-state index contributed by atoms with van der Waals surface area (Å²) in [4.78, 5) is 4.00. The molecular weight excluding hydrogens is 289 g/mol. The molecule has 16 heavy (non-hydrogen) atoms. The molecule has 1 heterocycles. The summed E-state index contributed by atoms with van der Waals surface area (Å²) in [5.74, 6) is 0. The number of nitrogens with two attached hydrogens (primary N) is 1. The van der Waals surface area contributed by atoms with Crippen LogP contribution in [0.15, 0.2) is 41.1 Å². The Labute approximate surface area is 107 Å². The molecular formula is C11H9BrClN3. The van der Waals surface area contributed by atoms with Gasteiger partial charge in [0.25, 0.3) is 0 Å². The molecule has 1 aromatic heterocycles. The first-order chi connectivity index (χ1) is 7.65. The second-order valence-electron chi connectivity index (χ2n) is 3.26. The monoisotopic (exact) mass is 297 g/mol. The molecule has 0 saturated carbocycles. The van der Waals surface area contributed by atoms with Crippen molar-refractivity contribution in [2.24, 2.45) is 0 Å². The highest BCUT2D eigenvalue weighted by atomic mass is 79.9. The minimum Gasteiger partial charge on any atom is -0.397 e. The van der Waals surface area contributed by atoms with Gasteiger partial charge in [0.2, 0.25) is 0 Å².